The van der Waals surface area contributed by atoms with E-state index in [0.29, 0.717) is 23.1 Å². The fraction of sp³-hybridized carbons (Fsp3) is 0.400. The van der Waals surface area contributed by atoms with Crippen LogP contribution in [-0.2, 0) is 9.59 Å². The maximum atomic E-state index is 12.4. The lowest BCUT2D eigenvalue weighted by Gasteiger charge is -2.33. The summed E-state index contributed by atoms with van der Waals surface area (Å²) in [6, 6.07) is 4.92. The Bertz CT molecular complexity index is 748. The molecule has 2 aromatic rings. The van der Waals surface area contributed by atoms with Crippen LogP contribution in [0.15, 0.2) is 23.4 Å². The van der Waals surface area contributed by atoms with Crippen molar-refractivity contribution in [1.82, 2.24) is 14.9 Å². The molecule has 1 atom stereocenters. The number of H-pyrrole nitrogens is 1. The minimum Gasteiger partial charge on any atom is -0.368 e. The highest BCUT2D eigenvalue weighted by Gasteiger charge is 2.30. The summed E-state index contributed by atoms with van der Waals surface area (Å²) in [5, 5.41) is 1.29. The number of aromatic amines is 1. The van der Waals surface area contributed by atoms with Crippen LogP contribution in [0.1, 0.15) is 19.3 Å². The fourth-order valence-electron chi connectivity index (χ4n) is 2.77. The summed E-state index contributed by atoms with van der Waals surface area (Å²) in [7, 11) is 0. The predicted octanol–water partition coefficient (Wildman–Crippen LogP) is 2.17. The third-order valence-corrected chi connectivity index (χ3v) is 5.00. The summed E-state index contributed by atoms with van der Waals surface area (Å²) in [6.45, 7) is 0.586. The van der Waals surface area contributed by atoms with E-state index in [9.17, 15) is 9.59 Å². The highest BCUT2D eigenvalue weighted by Crippen LogP contribution is 2.24. The van der Waals surface area contributed by atoms with Gasteiger partial charge in [0.2, 0.25) is 11.8 Å². The fourth-order valence-corrected chi connectivity index (χ4v) is 3.71. The Labute approximate surface area is 142 Å². The maximum Gasteiger partial charge on any atom is 0.240 e. The number of carbonyl (C=O) groups is 2. The minimum atomic E-state index is -0.480. The van der Waals surface area contributed by atoms with E-state index >= 15 is 0 Å². The quantitative estimate of drug-likeness (QED) is 0.825. The molecule has 6 nitrogen and oxygen atoms in total. The van der Waals surface area contributed by atoms with E-state index in [-0.39, 0.29) is 11.7 Å². The molecule has 2 amide bonds. The van der Waals surface area contributed by atoms with Gasteiger partial charge in [-0.25, -0.2) is 4.98 Å². The van der Waals surface area contributed by atoms with Crippen molar-refractivity contribution in [2.75, 3.05) is 12.3 Å². The molecule has 1 aliphatic heterocycles. The molecule has 8 heteroatoms. The lowest BCUT2D eigenvalue weighted by atomic mass is 10.0. The summed E-state index contributed by atoms with van der Waals surface area (Å²) in [4.78, 5) is 33.0. The first-order valence-corrected chi connectivity index (χ1v) is 8.78. The number of thioether (sulfide) groups is 1. The number of fused-ring (bicyclic) bond motifs is 1. The summed E-state index contributed by atoms with van der Waals surface area (Å²) in [5.41, 5.74) is 7.03. The molecule has 1 aromatic carbocycles. The third kappa shape index (κ3) is 3.61. The van der Waals surface area contributed by atoms with Crippen LogP contribution in [0.2, 0.25) is 5.02 Å². The standard InChI is InChI=1S/C15H17ClN4O2S/c16-9-4-5-10-11(7-9)19-15(18-10)23-8-13(21)20-6-2-1-3-12(20)14(17)22/h4-5,7,12H,1-3,6,8H2,(H2,17,22)(H,18,19)/t12-/m1/s1. The lowest BCUT2D eigenvalue weighted by Crippen LogP contribution is -2.51. The molecule has 0 bridgehead atoms. The number of rotatable bonds is 4. The number of piperidine rings is 1. The molecular formula is C15H17ClN4O2S. The van der Waals surface area contributed by atoms with E-state index in [2.05, 4.69) is 9.97 Å². The smallest absolute Gasteiger partial charge is 0.240 e. The molecule has 0 saturated carbocycles. The van der Waals surface area contributed by atoms with E-state index in [4.69, 9.17) is 17.3 Å². The molecule has 0 unspecified atom stereocenters. The van der Waals surface area contributed by atoms with E-state index in [0.717, 1.165) is 23.9 Å². The molecule has 0 aliphatic carbocycles. The van der Waals surface area contributed by atoms with Crippen LogP contribution in [0.4, 0.5) is 0 Å². The van der Waals surface area contributed by atoms with Gasteiger partial charge in [-0.3, -0.25) is 9.59 Å². The second-order valence-electron chi connectivity index (χ2n) is 5.49. The Morgan fingerprint density at radius 3 is 3.04 bits per heavy atom. The number of nitrogens with one attached hydrogen (secondary N) is 1. The first-order chi connectivity index (χ1) is 11.0. The Hall–Kier alpha value is -1.73. The lowest BCUT2D eigenvalue weighted by molar-refractivity contribution is -0.138. The second-order valence-corrected chi connectivity index (χ2v) is 6.89. The molecule has 3 rings (SSSR count). The van der Waals surface area contributed by atoms with Crippen molar-refractivity contribution >= 4 is 46.2 Å². The minimum absolute atomic E-state index is 0.0861. The maximum absolute atomic E-state index is 12.4. The summed E-state index contributed by atoms with van der Waals surface area (Å²) in [5.74, 6) is -0.296. The Balaban J connectivity index is 1.66. The SMILES string of the molecule is NC(=O)[C@H]1CCCCN1C(=O)CSc1nc2ccc(Cl)cc2[nH]1. The Kier molecular flexibility index (Phi) is 4.77. The van der Waals surface area contributed by atoms with Crippen molar-refractivity contribution in [3.8, 4) is 0 Å². The average molecular weight is 353 g/mol. The number of nitrogens with zero attached hydrogens (tertiary/aromatic N) is 2. The van der Waals surface area contributed by atoms with Gasteiger partial charge in [0.1, 0.15) is 6.04 Å². The van der Waals surface area contributed by atoms with Crippen LogP contribution in [-0.4, -0.2) is 45.0 Å². The Morgan fingerprint density at radius 2 is 2.26 bits per heavy atom. The zero-order valence-electron chi connectivity index (χ0n) is 12.4. The first kappa shape index (κ1) is 16.1. The molecule has 122 valence electrons. The van der Waals surface area contributed by atoms with Gasteiger partial charge in [0.15, 0.2) is 5.16 Å². The zero-order valence-corrected chi connectivity index (χ0v) is 14.0. The monoisotopic (exact) mass is 352 g/mol. The van der Waals surface area contributed by atoms with E-state index < -0.39 is 11.9 Å². The van der Waals surface area contributed by atoms with Crippen LogP contribution in [0, 0.1) is 0 Å². The number of carbonyl (C=O) groups excluding carboxylic acids is 2. The number of hydrogen-bond acceptors (Lipinski definition) is 4. The molecule has 3 N–H and O–H groups in total. The molecule has 0 spiro atoms. The molecule has 2 heterocycles. The predicted molar refractivity (Wildman–Crippen MR) is 90.4 cm³/mol. The average Bonchev–Trinajstić information content (AvgIpc) is 2.94. The molecular weight excluding hydrogens is 336 g/mol. The molecule has 23 heavy (non-hydrogen) atoms. The molecule has 1 aromatic heterocycles. The number of benzene rings is 1. The van der Waals surface area contributed by atoms with Gasteiger partial charge in [0.25, 0.3) is 0 Å². The third-order valence-electron chi connectivity index (χ3n) is 3.91. The number of amides is 2. The molecule has 1 fully saturated rings. The van der Waals surface area contributed by atoms with Gasteiger partial charge in [-0.1, -0.05) is 23.4 Å². The van der Waals surface area contributed by atoms with E-state index in [1.807, 2.05) is 6.07 Å². The number of aromatic nitrogens is 2. The number of primary amides is 1. The van der Waals surface area contributed by atoms with Crippen molar-refractivity contribution < 1.29 is 9.59 Å². The highest BCUT2D eigenvalue weighted by molar-refractivity contribution is 7.99. The Morgan fingerprint density at radius 1 is 1.43 bits per heavy atom. The van der Waals surface area contributed by atoms with Gasteiger partial charge in [0.05, 0.1) is 16.8 Å². The van der Waals surface area contributed by atoms with Gasteiger partial charge in [-0.05, 0) is 37.5 Å². The molecule has 1 aliphatic rings. The topological polar surface area (TPSA) is 92.1 Å². The number of nitrogens with two attached hydrogens (primary N) is 1. The van der Waals surface area contributed by atoms with Crippen LogP contribution >= 0.6 is 23.4 Å². The number of hydrogen-bond donors (Lipinski definition) is 2. The number of halogens is 1. The first-order valence-electron chi connectivity index (χ1n) is 7.41. The van der Waals surface area contributed by atoms with Crippen molar-refractivity contribution in [3.05, 3.63) is 23.2 Å². The van der Waals surface area contributed by atoms with E-state index in [1.165, 1.54) is 11.8 Å². The van der Waals surface area contributed by atoms with Crippen LogP contribution in [0.25, 0.3) is 11.0 Å². The largest absolute Gasteiger partial charge is 0.368 e. The van der Waals surface area contributed by atoms with Gasteiger partial charge in [0, 0.05) is 11.6 Å². The summed E-state index contributed by atoms with van der Waals surface area (Å²) < 4.78 is 0. The number of imidazole rings is 1. The summed E-state index contributed by atoms with van der Waals surface area (Å²) in [6.07, 6.45) is 2.48. The molecule has 1 saturated heterocycles. The second kappa shape index (κ2) is 6.80. The van der Waals surface area contributed by atoms with Crippen LogP contribution < -0.4 is 5.73 Å². The zero-order chi connectivity index (χ0) is 16.4. The van der Waals surface area contributed by atoms with Crippen molar-refractivity contribution in [2.24, 2.45) is 5.73 Å². The van der Waals surface area contributed by atoms with Gasteiger partial charge >= 0.3 is 0 Å². The number of likely N-dealkylation sites (tertiary alicyclic amines) is 1. The van der Waals surface area contributed by atoms with Gasteiger partial charge < -0.3 is 15.6 Å². The van der Waals surface area contributed by atoms with Crippen molar-refractivity contribution in [3.63, 3.8) is 0 Å². The van der Waals surface area contributed by atoms with Crippen LogP contribution in [0.5, 0.6) is 0 Å². The van der Waals surface area contributed by atoms with Crippen molar-refractivity contribution in [2.45, 2.75) is 30.5 Å². The van der Waals surface area contributed by atoms with Crippen molar-refractivity contribution in [1.29, 1.82) is 0 Å². The normalized spacial score (nSPS) is 18.3. The highest BCUT2D eigenvalue weighted by atomic mass is 35.5. The van der Waals surface area contributed by atoms with Gasteiger partial charge in [-0.2, -0.15) is 0 Å². The van der Waals surface area contributed by atoms with Crippen LogP contribution in [0.3, 0.4) is 0 Å². The van der Waals surface area contributed by atoms with E-state index in [1.54, 1.807) is 17.0 Å². The summed E-state index contributed by atoms with van der Waals surface area (Å²) >= 11 is 7.26. The molecule has 0 radical (unpaired) electrons. The van der Waals surface area contributed by atoms with Gasteiger partial charge in [-0.15, -0.1) is 0 Å².